The van der Waals surface area contributed by atoms with Crippen LogP contribution >= 0.6 is 0 Å². The Hall–Kier alpha value is -4.28. The molecule has 1 aliphatic carbocycles. The summed E-state index contributed by atoms with van der Waals surface area (Å²) in [5.74, 6) is -3.06. The van der Waals surface area contributed by atoms with Gasteiger partial charge < -0.3 is 29.7 Å². The maximum atomic E-state index is 14.1. The summed E-state index contributed by atoms with van der Waals surface area (Å²) in [6.45, 7) is 18.1. The predicted molar refractivity (Wildman–Crippen MR) is 191 cm³/mol. The molecule has 0 N–H and O–H groups in total. The van der Waals surface area contributed by atoms with Crippen LogP contribution < -0.4 is 25.7 Å². The fourth-order valence-electron chi connectivity index (χ4n) is 6.92. The van der Waals surface area contributed by atoms with E-state index in [1.54, 1.807) is 6.08 Å². The fourth-order valence-corrected chi connectivity index (χ4v) is 6.92. The largest absolute Gasteiger partial charge is 2.00 e. The van der Waals surface area contributed by atoms with E-state index in [4.69, 9.17) is 29.7 Å². The van der Waals surface area contributed by atoms with Crippen molar-refractivity contribution in [3.8, 4) is 0 Å². The number of nitrogens with zero attached hydrogens (tertiary/aromatic N) is 4. The van der Waals surface area contributed by atoms with Gasteiger partial charge in [0.15, 0.2) is 5.78 Å². The van der Waals surface area contributed by atoms with Gasteiger partial charge in [-0.2, -0.15) is 11.4 Å². The summed E-state index contributed by atoms with van der Waals surface area (Å²) in [6, 6.07) is 0. The first-order valence-electron chi connectivity index (χ1n) is 16.2. The van der Waals surface area contributed by atoms with Gasteiger partial charge in [0.1, 0.15) is 12.5 Å². The number of carbonyl (C=O) groups excluding carboxylic acids is 3. The molecule has 3 aromatic heterocycles. The summed E-state index contributed by atoms with van der Waals surface area (Å²) < 4.78 is 10.6. The van der Waals surface area contributed by atoms with Gasteiger partial charge >= 0.3 is 35.0 Å². The van der Waals surface area contributed by atoms with Crippen molar-refractivity contribution in [3.05, 3.63) is 102 Å². The number of carbonyl (C=O) groups is 3. The van der Waals surface area contributed by atoms with Crippen molar-refractivity contribution >= 4 is 70.7 Å². The van der Waals surface area contributed by atoms with Crippen molar-refractivity contribution in [2.75, 3.05) is 13.7 Å². The Morgan fingerprint density at radius 2 is 1.57 bits per heavy atom. The zero-order chi connectivity index (χ0) is 34.6. The number of ketones is 1. The van der Waals surface area contributed by atoms with Crippen LogP contribution in [0.25, 0.3) is 35.2 Å². The van der Waals surface area contributed by atoms with Gasteiger partial charge in [-0.05, 0) is 71.4 Å². The Morgan fingerprint density at radius 1 is 0.918 bits per heavy atom. The number of Topliss-reactive ketones (excluding diaryl/α,β-unsaturated/α-hetero) is 1. The number of fused-ring (bicyclic) bond motifs is 7. The van der Waals surface area contributed by atoms with Gasteiger partial charge in [0.05, 0.1) is 7.11 Å². The Kier molecular flexibility index (Phi) is 10.2. The van der Waals surface area contributed by atoms with Gasteiger partial charge in [0.2, 0.25) is 0 Å². The van der Waals surface area contributed by atoms with Crippen LogP contribution in [0, 0.1) is 45.4 Å². The van der Waals surface area contributed by atoms with Crippen LogP contribution in [0.1, 0.15) is 94.6 Å². The molecule has 9 nitrogen and oxygen atoms in total. The third-order valence-electron chi connectivity index (χ3n) is 9.97. The molecule has 250 valence electrons. The van der Waals surface area contributed by atoms with Gasteiger partial charge in [0.25, 0.3) is 0 Å². The summed E-state index contributed by atoms with van der Waals surface area (Å²) in [5, 5.41) is 6.68. The molecular formula is C39H40MgN4O5-2. The first kappa shape index (κ1) is 36.0. The Labute approximate surface area is 302 Å². The molecule has 3 aliphatic rings. The third-order valence-corrected chi connectivity index (χ3v) is 9.97. The van der Waals surface area contributed by atoms with E-state index in [2.05, 4.69) is 6.58 Å². The minimum Gasteiger partial charge on any atom is -0.664 e. The number of aromatic nitrogens is 3. The molecule has 3 atom stereocenters. The van der Waals surface area contributed by atoms with Crippen LogP contribution in [0.5, 0.6) is 0 Å². The molecule has 2 aliphatic heterocycles. The van der Waals surface area contributed by atoms with Gasteiger partial charge in [-0.1, -0.05) is 71.2 Å². The molecule has 1 fully saturated rings. The normalized spacial score (nSPS) is 22.8. The number of hydrogen-bond donors (Lipinski definition) is 0. The van der Waals surface area contributed by atoms with Crippen molar-refractivity contribution < 1.29 is 23.9 Å². The zero-order valence-electron chi connectivity index (χ0n) is 29.5. The quantitative estimate of drug-likeness (QED) is 0.154. The van der Waals surface area contributed by atoms with Crippen LogP contribution in [0.3, 0.4) is 0 Å². The number of esters is 2. The second kappa shape index (κ2) is 13.9. The number of hydrogen-bond acceptors (Lipinski definition) is 5. The molecule has 6 rings (SSSR count). The van der Waals surface area contributed by atoms with E-state index in [1.807, 2.05) is 72.8 Å². The molecule has 0 amide bonds. The van der Waals surface area contributed by atoms with Crippen molar-refractivity contribution in [2.45, 2.75) is 61.3 Å². The van der Waals surface area contributed by atoms with Gasteiger partial charge in [-0.3, -0.25) is 14.4 Å². The minimum atomic E-state index is -1.21. The third kappa shape index (κ3) is 6.21. The molecule has 8 bridgehead atoms. The van der Waals surface area contributed by atoms with Crippen LogP contribution in [0.4, 0.5) is 0 Å². The van der Waals surface area contributed by atoms with Crippen LogP contribution in [-0.2, 0) is 19.1 Å². The first-order valence-corrected chi connectivity index (χ1v) is 16.2. The van der Waals surface area contributed by atoms with E-state index in [0.29, 0.717) is 40.2 Å². The molecule has 0 unspecified atom stereocenters. The topological polar surface area (TPSA) is 126 Å². The molecule has 3 aromatic rings. The van der Waals surface area contributed by atoms with Crippen molar-refractivity contribution in [3.63, 3.8) is 0 Å². The molecule has 0 spiro atoms. The number of ether oxygens (including phenoxy) is 2. The fraction of sp³-hybridized carbons (Fsp3) is 0.359. The van der Waals surface area contributed by atoms with Crippen molar-refractivity contribution in [1.82, 2.24) is 15.0 Å². The molecule has 49 heavy (non-hydrogen) atoms. The molecule has 0 saturated carbocycles. The van der Waals surface area contributed by atoms with Crippen LogP contribution in [0.2, 0.25) is 0 Å². The Bertz CT molecular complexity index is 2110. The predicted octanol–water partition coefficient (Wildman–Crippen LogP) is 4.69. The SMILES string of the molecule is C=Cc1c2[n-]c(c1C)/C=C1\[N-]/C(=C3\c4[n-]c(c(C)c4C(=O)[C@@H]3C(=O)OC)/C=c3\[n-]/c(c(C)c3C)=C\2)[C@@H](CCC(=O)OCC=C(C)C)[C@@H]1C.[Mg+2]. The molecule has 1 saturated heterocycles. The van der Waals surface area contributed by atoms with Crippen LogP contribution in [-0.4, -0.2) is 54.5 Å². The smallest absolute Gasteiger partial charge is 0.664 e. The first-order chi connectivity index (χ1) is 22.9. The average molecular weight is 669 g/mol. The second-order valence-corrected chi connectivity index (χ2v) is 13.1. The molecule has 10 heteroatoms. The maximum absolute atomic E-state index is 14.1. The maximum Gasteiger partial charge on any atom is 2.00 e. The summed E-state index contributed by atoms with van der Waals surface area (Å²) in [4.78, 5) is 55.2. The Morgan fingerprint density at radius 3 is 2.20 bits per heavy atom. The second-order valence-electron chi connectivity index (χ2n) is 13.1. The van der Waals surface area contributed by atoms with Crippen molar-refractivity contribution in [1.29, 1.82) is 0 Å². The van der Waals surface area contributed by atoms with Gasteiger partial charge in [-0.15, -0.1) is 33.5 Å². The minimum absolute atomic E-state index is 0. The molecule has 0 aromatic carbocycles. The summed E-state index contributed by atoms with van der Waals surface area (Å²) >= 11 is 0. The van der Waals surface area contributed by atoms with Crippen molar-refractivity contribution in [2.24, 2.45) is 17.8 Å². The van der Waals surface area contributed by atoms with E-state index in [9.17, 15) is 14.4 Å². The summed E-state index contributed by atoms with van der Waals surface area (Å²) in [7, 11) is 1.28. The molecule has 5 heterocycles. The van der Waals surface area contributed by atoms with E-state index in [1.165, 1.54) is 7.11 Å². The van der Waals surface area contributed by atoms with Crippen LogP contribution in [0.15, 0.2) is 29.6 Å². The van der Waals surface area contributed by atoms with E-state index >= 15 is 0 Å². The molecular weight excluding hydrogens is 629 g/mol. The standard InChI is InChI=1S/C39H41N4O5.Mg/c1-10-24-21(6)28-16-29-22(7)25(11-12-32(44)48-14-13-18(2)3)36(42-29)34-35(39(46)47-9)38(45)33-23(8)30(43-37(33)34)15-26-19(4)20(5)27(40-26)17-31(24)41-28;/h10,13,15-17,22,25,35H,1,11-12,14H2,2-9H3,(H-,42,43,45);/q-3;+2/p-1/b26-15-,27-17-,29-16-;/t22-,25-,35+;/m0./s1. The number of rotatable bonds is 7. The average Bonchev–Trinajstić information content (AvgIpc) is 3.78. The number of allylic oxidation sites excluding steroid dienone is 3. The Balaban J connectivity index is 0.00000468. The van der Waals surface area contributed by atoms with E-state index in [-0.39, 0.29) is 59.7 Å². The van der Waals surface area contributed by atoms with Gasteiger partial charge in [0, 0.05) is 12.0 Å². The van der Waals surface area contributed by atoms with E-state index in [0.717, 1.165) is 55.6 Å². The monoisotopic (exact) mass is 668 g/mol. The van der Waals surface area contributed by atoms with Gasteiger partial charge in [-0.25, -0.2) is 0 Å². The zero-order valence-corrected chi connectivity index (χ0v) is 30.9. The molecule has 0 radical (unpaired) electrons. The summed E-state index contributed by atoms with van der Waals surface area (Å²) in [5.41, 5.74) is 10.3. The summed E-state index contributed by atoms with van der Waals surface area (Å²) in [6.07, 6.45) is 10.0. The number of methoxy groups -OCH3 is 1. The van der Waals surface area contributed by atoms with E-state index < -0.39 is 11.9 Å².